The monoisotopic (exact) mass is 550 g/mol. The maximum absolute atomic E-state index is 13.7. The minimum Gasteiger partial charge on any atom is -0.507 e. The highest BCUT2D eigenvalue weighted by Crippen LogP contribution is 2.32. The number of carbonyl (C=O) groups is 3. The number of hydrogen-bond donors (Lipinski definition) is 2. The van der Waals surface area contributed by atoms with Crippen molar-refractivity contribution < 1.29 is 33.0 Å². The Kier molecular flexibility index (Phi) is 7.59. The number of rotatable bonds is 7. The van der Waals surface area contributed by atoms with E-state index in [1.807, 2.05) is 0 Å². The van der Waals surface area contributed by atoms with Crippen LogP contribution in [-0.4, -0.2) is 50.8 Å². The number of aryl methyl sites for hydroxylation is 1. The fraction of sp³-hybridized carbons (Fsp3) is 0.241. The van der Waals surface area contributed by atoms with Crippen LogP contribution in [0, 0.1) is 6.92 Å². The number of fused-ring (bicyclic) bond motifs is 1. The van der Waals surface area contributed by atoms with Gasteiger partial charge in [0.25, 0.3) is 6.43 Å². The molecule has 2 amide bonds. The van der Waals surface area contributed by atoms with E-state index in [2.05, 4.69) is 4.98 Å². The van der Waals surface area contributed by atoms with Crippen molar-refractivity contribution in [2.24, 2.45) is 5.73 Å². The molecule has 2 aromatic heterocycles. The number of pyridine rings is 1. The first-order chi connectivity index (χ1) is 18.8. The van der Waals surface area contributed by atoms with Crippen LogP contribution in [0.1, 0.15) is 52.6 Å². The van der Waals surface area contributed by atoms with Crippen LogP contribution < -0.4 is 10.6 Å². The fourth-order valence-electron chi connectivity index (χ4n) is 4.25. The lowest BCUT2D eigenvalue weighted by molar-refractivity contribution is 0.0543. The maximum atomic E-state index is 13.7. The van der Waals surface area contributed by atoms with Gasteiger partial charge in [-0.15, -0.1) is 0 Å². The van der Waals surface area contributed by atoms with E-state index in [9.17, 15) is 28.3 Å². The minimum atomic E-state index is -2.93. The molecular formula is C29H28F2N4O5. The summed E-state index contributed by atoms with van der Waals surface area (Å²) in [5.74, 6) is -1.48. The van der Waals surface area contributed by atoms with Crippen LogP contribution in [0.25, 0.3) is 16.9 Å². The van der Waals surface area contributed by atoms with E-state index in [0.717, 1.165) is 4.90 Å². The number of alkyl halides is 2. The van der Waals surface area contributed by atoms with Gasteiger partial charge in [-0.05, 0) is 63.6 Å². The highest BCUT2D eigenvalue weighted by Gasteiger charge is 2.30. The first kappa shape index (κ1) is 28.2. The molecule has 4 rings (SSSR count). The van der Waals surface area contributed by atoms with Crippen molar-refractivity contribution in [2.45, 2.75) is 39.7 Å². The van der Waals surface area contributed by atoms with Crippen LogP contribution in [-0.2, 0) is 4.74 Å². The Morgan fingerprint density at radius 2 is 1.80 bits per heavy atom. The molecule has 0 fully saturated rings. The molecule has 4 aromatic rings. The van der Waals surface area contributed by atoms with Crippen LogP contribution in [0.15, 0.2) is 60.9 Å². The highest BCUT2D eigenvalue weighted by atomic mass is 19.3. The molecule has 40 heavy (non-hydrogen) atoms. The number of primary amides is 1. The number of para-hydroxylation sites is 1. The van der Waals surface area contributed by atoms with E-state index in [0.29, 0.717) is 22.4 Å². The molecule has 0 aliphatic heterocycles. The van der Waals surface area contributed by atoms with Gasteiger partial charge in [0.05, 0.1) is 29.7 Å². The molecule has 11 heteroatoms. The predicted octanol–water partition coefficient (Wildman–Crippen LogP) is 5.35. The van der Waals surface area contributed by atoms with E-state index in [4.69, 9.17) is 10.5 Å². The van der Waals surface area contributed by atoms with Crippen molar-refractivity contribution in [2.75, 3.05) is 11.4 Å². The zero-order valence-corrected chi connectivity index (χ0v) is 22.3. The average molecular weight is 551 g/mol. The van der Waals surface area contributed by atoms with Crippen LogP contribution in [0.2, 0.25) is 0 Å². The number of imidazole rings is 1. The molecule has 2 heterocycles. The average Bonchev–Trinajstić information content (AvgIpc) is 3.29. The Morgan fingerprint density at radius 3 is 2.40 bits per heavy atom. The van der Waals surface area contributed by atoms with E-state index >= 15 is 0 Å². The van der Waals surface area contributed by atoms with E-state index < -0.39 is 36.4 Å². The second-order valence-electron chi connectivity index (χ2n) is 10.2. The zero-order valence-electron chi connectivity index (χ0n) is 22.3. The molecule has 9 nitrogen and oxygen atoms in total. The number of ether oxygens (including phenoxy) is 1. The summed E-state index contributed by atoms with van der Waals surface area (Å²) in [6, 6.07) is 12.1. The van der Waals surface area contributed by atoms with Gasteiger partial charge in [0.15, 0.2) is 11.4 Å². The molecule has 2 aromatic carbocycles. The molecule has 208 valence electrons. The number of aromatic hydroxyl groups is 1. The molecule has 0 saturated carbocycles. The Bertz CT molecular complexity index is 1620. The summed E-state index contributed by atoms with van der Waals surface area (Å²) in [5, 5.41) is 10.3. The summed E-state index contributed by atoms with van der Waals surface area (Å²) in [6.45, 7) is 5.49. The van der Waals surface area contributed by atoms with Crippen LogP contribution >= 0.6 is 0 Å². The number of phenols is 1. The summed E-state index contributed by atoms with van der Waals surface area (Å²) in [7, 11) is 0. The maximum Gasteiger partial charge on any atom is 0.415 e. The van der Waals surface area contributed by atoms with Crippen LogP contribution in [0.3, 0.4) is 0 Å². The molecular weight excluding hydrogens is 522 g/mol. The summed E-state index contributed by atoms with van der Waals surface area (Å²) >= 11 is 0. The lowest BCUT2D eigenvalue weighted by Crippen LogP contribution is -2.40. The summed E-state index contributed by atoms with van der Waals surface area (Å²) in [5.41, 5.74) is 6.39. The largest absolute Gasteiger partial charge is 0.507 e. The first-order valence-electron chi connectivity index (χ1n) is 12.3. The third-order valence-corrected chi connectivity index (χ3v) is 6.01. The van der Waals surface area contributed by atoms with Gasteiger partial charge in [-0.25, -0.2) is 18.6 Å². The van der Waals surface area contributed by atoms with E-state index in [1.54, 1.807) is 58.0 Å². The quantitative estimate of drug-likeness (QED) is 0.299. The lowest BCUT2D eigenvalue weighted by atomic mass is 10.0. The smallest absolute Gasteiger partial charge is 0.415 e. The number of anilines is 1. The summed E-state index contributed by atoms with van der Waals surface area (Å²) in [6.07, 6.45) is -1.07. The molecule has 3 N–H and O–H groups in total. The number of aromatic nitrogens is 2. The minimum absolute atomic E-state index is 0.00319. The van der Waals surface area contributed by atoms with Gasteiger partial charge < -0.3 is 15.6 Å². The third kappa shape index (κ3) is 5.78. The Morgan fingerprint density at radius 1 is 1.10 bits per heavy atom. The molecule has 0 aliphatic carbocycles. The molecule has 0 unspecified atom stereocenters. The number of nitrogens with zero attached hydrogens (tertiary/aromatic N) is 3. The number of carbonyl (C=O) groups excluding carboxylic acids is 3. The Hall–Kier alpha value is -4.80. The summed E-state index contributed by atoms with van der Waals surface area (Å²) < 4.78 is 34.4. The first-order valence-corrected chi connectivity index (χ1v) is 12.3. The predicted molar refractivity (Wildman–Crippen MR) is 145 cm³/mol. The van der Waals surface area contributed by atoms with Gasteiger partial charge in [0.2, 0.25) is 5.91 Å². The number of amides is 2. The molecule has 0 spiro atoms. The third-order valence-electron chi connectivity index (χ3n) is 6.01. The van der Waals surface area contributed by atoms with Gasteiger partial charge >= 0.3 is 6.09 Å². The van der Waals surface area contributed by atoms with Gasteiger partial charge in [-0.2, -0.15) is 0 Å². The van der Waals surface area contributed by atoms with Gasteiger partial charge in [-0.3, -0.25) is 18.9 Å². The van der Waals surface area contributed by atoms with E-state index in [-0.39, 0.29) is 28.2 Å². The Labute approximate surface area is 228 Å². The normalized spacial score (nSPS) is 11.6. The van der Waals surface area contributed by atoms with Crippen molar-refractivity contribution in [1.82, 2.24) is 9.38 Å². The number of ketones is 1. The van der Waals surface area contributed by atoms with Gasteiger partial charge in [0.1, 0.15) is 11.4 Å². The van der Waals surface area contributed by atoms with E-state index in [1.165, 1.54) is 35.0 Å². The van der Waals surface area contributed by atoms with Crippen molar-refractivity contribution in [3.63, 3.8) is 0 Å². The number of hydrogen-bond acceptors (Lipinski definition) is 6. The van der Waals surface area contributed by atoms with Crippen LogP contribution in [0.5, 0.6) is 5.75 Å². The molecule has 0 atom stereocenters. The second kappa shape index (κ2) is 10.8. The fourth-order valence-corrected chi connectivity index (χ4v) is 4.25. The van der Waals surface area contributed by atoms with Crippen molar-refractivity contribution in [1.29, 1.82) is 0 Å². The van der Waals surface area contributed by atoms with Crippen LogP contribution in [0.4, 0.5) is 19.3 Å². The second-order valence-corrected chi connectivity index (χ2v) is 10.2. The van der Waals surface area contributed by atoms with Crippen molar-refractivity contribution >= 4 is 29.1 Å². The van der Waals surface area contributed by atoms with Gasteiger partial charge in [-0.1, -0.05) is 18.2 Å². The summed E-state index contributed by atoms with van der Waals surface area (Å²) in [4.78, 5) is 43.5. The number of benzene rings is 2. The standard InChI is InChI=1S/C29H28F2N4O5/c1-16-11-17(9-10-19(16)26(32)38)22-13-33-27-21(35(15-24(30)31)28(39)40-29(2,3)4)12-18(14-34(22)27)25(37)20-7-5-6-8-23(20)36/h5-14,24,36H,15H2,1-4H3,(H2,32,38). The molecule has 0 saturated heterocycles. The lowest BCUT2D eigenvalue weighted by Gasteiger charge is -2.27. The molecule has 0 bridgehead atoms. The van der Waals surface area contributed by atoms with Crippen molar-refractivity contribution in [3.05, 3.63) is 83.2 Å². The highest BCUT2D eigenvalue weighted by molar-refractivity contribution is 6.12. The topological polar surface area (TPSA) is 127 Å². The zero-order chi connectivity index (χ0) is 29.4. The van der Waals surface area contributed by atoms with Crippen molar-refractivity contribution in [3.8, 4) is 17.0 Å². The number of nitrogens with two attached hydrogens (primary N) is 1. The molecule has 0 radical (unpaired) electrons. The van der Waals surface area contributed by atoms with Gasteiger partial charge in [0, 0.05) is 22.9 Å². The SMILES string of the molecule is Cc1cc(-c2cnc3c(N(CC(F)F)C(=O)OC(C)(C)C)cc(C(=O)c4ccccc4O)cn23)ccc1C(N)=O. The number of halogens is 2. The number of phenolic OH excluding ortho intramolecular Hbond substituents is 1. The Balaban J connectivity index is 1.98. The molecule has 0 aliphatic rings.